The van der Waals surface area contributed by atoms with E-state index in [4.69, 9.17) is 23.2 Å². The van der Waals surface area contributed by atoms with E-state index >= 15 is 0 Å². The van der Waals surface area contributed by atoms with E-state index < -0.39 is 0 Å². The van der Waals surface area contributed by atoms with Gasteiger partial charge in [0.05, 0.1) is 0 Å². The quantitative estimate of drug-likeness (QED) is 0.676. The van der Waals surface area contributed by atoms with Crippen molar-refractivity contribution in [2.45, 2.75) is 6.92 Å². The molecule has 2 aromatic rings. The fourth-order valence-corrected chi connectivity index (χ4v) is 1.45. The molecule has 0 atom stereocenters. The highest BCUT2D eigenvalue weighted by atomic mass is 35.5. The van der Waals surface area contributed by atoms with E-state index in [1.165, 1.54) is 0 Å². The average Bonchev–Trinajstić information content (AvgIpc) is 2.12. The summed E-state index contributed by atoms with van der Waals surface area (Å²) < 4.78 is 0. The number of fused-ring (bicyclic) bond motifs is 1. The molecule has 13 heavy (non-hydrogen) atoms. The molecule has 0 saturated carbocycles. The van der Waals surface area contributed by atoms with E-state index in [0.717, 1.165) is 10.9 Å². The molecule has 0 saturated heterocycles. The maximum atomic E-state index is 5.83. The minimum atomic E-state index is 0.277. The van der Waals surface area contributed by atoms with Crippen LogP contribution in [0.4, 0.5) is 0 Å². The average molecular weight is 214 g/mol. The number of halogens is 2. The van der Waals surface area contributed by atoms with Crippen LogP contribution in [0, 0.1) is 6.92 Å². The van der Waals surface area contributed by atoms with Gasteiger partial charge in [0.1, 0.15) is 5.52 Å². The van der Waals surface area contributed by atoms with Crippen molar-refractivity contribution in [3.63, 3.8) is 0 Å². The SMILES string of the molecule is Cc1cnc2c(Cl)nnc(Cl)c2c1. The molecule has 0 aromatic carbocycles. The van der Waals surface area contributed by atoms with Crippen molar-refractivity contribution in [2.75, 3.05) is 0 Å². The number of hydrogen-bond donors (Lipinski definition) is 0. The monoisotopic (exact) mass is 213 g/mol. The highest BCUT2D eigenvalue weighted by Gasteiger charge is 2.06. The topological polar surface area (TPSA) is 38.7 Å². The molecule has 0 fully saturated rings. The first-order chi connectivity index (χ1) is 6.18. The van der Waals surface area contributed by atoms with Crippen LogP contribution in [-0.4, -0.2) is 15.2 Å². The van der Waals surface area contributed by atoms with E-state index in [9.17, 15) is 0 Å². The molecule has 66 valence electrons. The minimum Gasteiger partial charge on any atom is -0.253 e. The zero-order chi connectivity index (χ0) is 9.42. The maximum Gasteiger partial charge on any atom is 0.178 e. The maximum absolute atomic E-state index is 5.83. The Bertz CT molecular complexity index is 470. The van der Waals surface area contributed by atoms with Crippen LogP contribution >= 0.6 is 23.2 Å². The predicted octanol–water partition coefficient (Wildman–Crippen LogP) is 2.64. The molecule has 2 rings (SSSR count). The third kappa shape index (κ3) is 1.45. The van der Waals surface area contributed by atoms with Gasteiger partial charge in [-0.3, -0.25) is 4.98 Å². The molecule has 0 amide bonds. The van der Waals surface area contributed by atoms with Crippen LogP contribution in [0.5, 0.6) is 0 Å². The lowest BCUT2D eigenvalue weighted by atomic mass is 10.2. The Labute approximate surface area is 84.7 Å². The molecule has 0 aliphatic heterocycles. The van der Waals surface area contributed by atoms with Gasteiger partial charge < -0.3 is 0 Å². The van der Waals surface area contributed by atoms with Crippen LogP contribution in [0.2, 0.25) is 10.3 Å². The molecule has 0 radical (unpaired) electrons. The van der Waals surface area contributed by atoms with Crippen molar-refractivity contribution in [3.8, 4) is 0 Å². The molecule has 0 N–H and O–H groups in total. The molecule has 2 aromatic heterocycles. The van der Waals surface area contributed by atoms with Crippen LogP contribution in [0.25, 0.3) is 10.9 Å². The molecular formula is C8H5Cl2N3. The highest BCUT2D eigenvalue weighted by Crippen LogP contribution is 2.24. The molecule has 0 bridgehead atoms. The smallest absolute Gasteiger partial charge is 0.178 e. The molecular weight excluding hydrogens is 209 g/mol. The largest absolute Gasteiger partial charge is 0.253 e. The fraction of sp³-hybridized carbons (Fsp3) is 0.125. The second-order valence-corrected chi connectivity index (χ2v) is 3.41. The molecule has 0 unspecified atom stereocenters. The Morgan fingerprint density at radius 3 is 2.62 bits per heavy atom. The van der Waals surface area contributed by atoms with Gasteiger partial charge in [-0.05, 0) is 18.6 Å². The second kappa shape index (κ2) is 3.09. The van der Waals surface area contributed by atoms with Crippen molar-refractivity contribution < 1.29 is 0 Å². The number of rotatable bonds is 0. The van der Waals surface area contributed by atoms with E-state index in [0.29, 0.717) is 10.7 Å². The number of nitrogens with zero attached hydrogens (tertiary/aromatic N) is 3. The molecule has 3 nitrogen and oxygen atoms in total. The number of aryl methyl sites for hydroxylation is 1. The minimum absolute atomic E-state index is 0.277. The summed E-state index contributed by atoms with van der Waals surface area (Å²) in [5.74, 6) is 0. The summed E-state index contributed by atoms with van der Waals surface area (Å²) >= 11 is 11.6. The van der Waals surface area contributed by atoms with Crippen molar-refractivity contribution >= 4 is 34.1 Å². The Balaban J connectivity index is 2.92. The lowest BCUT2D eigenvalue weighted by Crippen LogP contribution is -1.90. The second-order valence-electron chi connectivity index (χ2n) is 2.69. The zero-order valence-corrected chi connectivity index (χ0v) is 8.26. The first kappa shape index (κ1) is 8.66. The molecule has 2 heterocycles. The van der Waals surface area contributed by atoms with Gasteiger partial charge in [-0.15, -0.1) is 10.2 Å². The summed E-state index contributed by atoms with van der Waals surface area (Å²) in [4.78, 5) is 4.12. The van der Waals surface area contributed by atoms with Crippen LogP contribution < -0.4 is 0 Å². The van der Waals surface area contributed by atoms with E-state index in [1.807, 2.05) is 13.0 Å². The van der Waals surface area contributed by atoms with Gasteiger partial charge in [0.15, 0.2) is 10.3 Å². The normalized spacial score (nSPS) is 10.7. The van der Waals surface area contributed by atoms with Crippen molar-refractivity contribution in [1.29, 1.82) is 0 Å². The van der Waals surface area contributed by atoms with Crippen molar-refractivity contribution in [2.24, 2.45) is 0 Å². The van der Waals surface area contributed by atoms with E-state index in [1.54, 1.807) is 6.20 Å². The first-order valence-electron chi connectivity index (χ1n) is 3.62. The van der Waals surface area contributed by atoms with Crippen LogP contribution in [0.1, 0.15) is 5.56 Å². The van der Waals surface area contributed by atoms with Gasteiger partial charge in [-0.2, -0.15) is 0 Å². The van der Waals surface area contributed by atoms with Gasteiger partial charge >= 0.3 is 0 Å². The molecule has 5 heteroatoms. The summed E-state index contributed by atoms with van der Waals surface area (Å²) in [6.45, 7) is 1.93. The third-order valence-corrected chi connectivity index (χ3v) is 2.20. The van der Waals surface area contributed by atoms with Crippen LogP contribution in [0.15, 0.2) is 12.3 Å². The van der Waals surface area contributed by atoms with E-state index in [-0.39, 0.29) is 5.15 Å². The van der Waals surface area contributed by atoms with Crippen molar-refractivity contribution in [1.82, 2.24) is 15.2 Å². The predicted molar refractivity (Wildman–Crippen MR) is 52.1 cm³/mol. The van der Waals surface area contributed by atoms with Gasteiger partial charge in [0.25, 0.3) is 0 Å². The lowest BCUT2D eigenvalue weighted by molar-refractivity contribution is 1.04. The fourth-order valence-electron chi connectivity index (χ4n) is 1.08. The number of aromatic nitrogens is 3. The molecule has 0 aliphatic carbocycles. The Morgan fingerprint density at radius 1 is 1.15 bits per heavy atom. The summed E-state index contributed by atoms with van der Waals surface area (Å²) in [7, 11) is 0. The van der Waals surface area contributed by atoms with E-state index in [2.05, 4.69) is 15.2 Å². The van der Waals surface area contributed by atoms with Crippen LogP contribution in [-0.2, 0) is 0 Å². The Morgan fingerprint density at radius 2 is 1.85 bits per heavy atom. The standard InChI is InChI=1S/C8H5Cl2N3/c1-4-2-5-6(11-3-4)8(10)13-12-7(5)9/h2-3H,1H3. The van der Waals surface area contributed by atoms with Crippen molar-refractivity contribution in [3.05, 3.63) is 28.1 Å². The van der Waals surface area contributed by atoms with Gasteiger partial charge in [0.2, 0.25) is 0 Å². The zero-order valence-electron chi connectivity index (χ0n) is 6.75. The Kier molecular flexibility index (Phi) is 2.06. The third-order valence-electron chi connectivity index (χ3n) is 1.67. The Hall–Kier alpha value is -0.930. The molecule has 0 aliphatic rings. The summed E-state index contributed by atoms with van der Waals surface area (Å²) in [5.41, 5.74) is 1.60. The number of pyridine rings is 1. The summed E-state index contributed by atoms with van der Waals surface area (Å²) in [6.07, 6.45) is 1.71. The molecule has 0 spiro atoms. The summed E-state index contributed by atoms with van der Waals surface area (Å²) in [5, 5.41) is 8.69. The number of hydrogen-bond acceptors (Lipinski definition) is 3. The lowest BCUT2D eigenvalue weighted by Gasteiger charge is -2.00. The summed E-state index contributed by atoms with van der Waals surface area (Å²) in [6, 6.07) is 1.88. The van der Waals surface area contributed by atoms with Gasteiger partial charge in [-0.25, -0.2) is 0 Å². The highest BCUT2D eigenvalue weighted by molar-refractivity contribution is 6.37. The van der Waals surface area contributed by atoms with Crippen LogP contribution in [0.3, 0.4) is 0 Å². The van der Waals surface area contributed by atoms with Gasteiger partial charge in [0, 0.05) is 11.6 Å². The first-order valence-corrected chi connectivity index (χ1v) is 4.38. The van der Waals surface area contributed by atoms with Gasteiger partial charge in [-0.1, -0.05) is 23.2 Å².